The molecule has 1 saturated heterocycles. The molecule has 1 aliphatic rings. The van der Waals surface area contributed by atoms with Gasteiger partial charge >= 0.3 is 0 Å². The zero-order valence-corrected chi connectivity index (χ0v) is 13.2. The molecule has 0 radical (unpaired) electrons. The van der Waals surface area contributed by atoms with Crippen molar-refractivity contribution in [3.05, 3.63) is 28.8 Å². The number of aryl methyl sites for hydroxylation is 1. The highest BCUT2D eigenvalue weighted by atomic mass is 35.5. The monoisotopic (exact) mass is 318 g/mol. The van der Waals surface area contributed by atoms with Gasteiger partial charge in [0.05, 0.1) is 0 Å². The maximum Gasteiger partial charge on any atom is 0.256 e. The number of carbonyl (C=O) groups excluding carboxylic acids is 1. The Morgan fingerprint density at radius 2 is 2.05 bits per heavy atom. The second kappa shape index (κ2) is 7.27. The third-order valence-corrected chi connectivity index (χ3v) is 3.90. The van der Waals surface area contributed by atoms with Crippen LogP contribution in [0.4, 0.5) is 5.69 Å². The van der Waals surface area contributed by atoms with Gasteiger partial charge in [-0.05, 0) is 50.6 Å². The molecule has 1 amide bonds. The van der Waals surface area contributed by atoms with Crippen LogP contribution < -0.4 is 10.6 Å². The summed E-state index contributed by atoms with van der Waals surface area (Å²) >= 11 is 5.96. The number of rotatable bonds is 3. The van der Waals surface area contributed by atoms with Gasteiger partial charge in [0.25, 0.3) is 5.91 Å². The molecule has 2 N–H and O–H groups in total. The van der Waals surface area contributed by atoms with Gasteiger partial charge in [0.15, 0.2) is 0 Å². The summed E-state index contributed by atoms with van der Waals surface area (Å²) in [7, 11) is 1.59. The van der Waals surface area contributed by atoms with Crippen molar-refractivity contribution in [2.45, 2.75) is 25.4 Å². The van der Waals surface area contributed by atoms with Gasteiger partial charge in [0.1, 0.15) is 5.60 Å². The van der Waals surface area contributed by atoms with Gasteiger partial charge in [-0.2, -0.15) is 0 Å². The number of carbonyl (C=O) groups is 1. The van der Waals surface area contributed by atoms with Crippen LogP contribution in [0.15, 0.2) is 18.2 Å². The number of piperidine rings is 1. The average Bonchev–Trinajstić information content (AvgIpc) is 2.43. The first-order valence-corrected chi connectivity index (χ1v) is 6.79. The molecule has 20 heavy (non-hydrogen) atoms. The largest absolute Gasteiger partial charge is 0.368 e. The van der Waals surface area contributed by atoms with E-state index in [1.807, 2.05) is 19.1 Å². The van der Waals surface area contributed by atoms with Crippen molar-refractivity contribution in [3.8, 4) is 0 Å². The van der Waals surface area contributed by atoms with Crippen LogP contribution in [0, 0.1) is 6.92 Å². The van der Waals surface area contributed by atoms with E-state index in [-0.39, 0.29) is 18.3 Å². The van der Waals surface area contributed by atoms with Gasteiger partial charge in [-0.15, -0.1) is 12.4 Å². The smallest absolute Gasteiger partial charge is 0.256 e. The lowest BCUT2D eigenvalue weighted by Gasteiger charge is -2.34. The Kier molecular flexibility index (Phi) is 6.27. The predicted octanol–water partition coefficient (Wildman–Crippen LogP) is 2.78. The Balaban J connectivity index is 0.00000200. The fourth-order valence-electron chi connectivity index (χ4n) is 2.32. The van der Waals surface area contributed by atoms with E-state index in [1.54, 1.807) is 13.2 Å². The van der Waals surface area contributed by atoms with Crippen LogP contribution in [0.1, 0.15) is 18.4 Å². The SMILES string of the molecule is COC1(C(=O)Nc2cc(Cl)ccc2C)CCNCC1.Cl. The molecule has 1 aromatic carbocycles. The Hall–Kier alpha value is -0.810. The number of nitrogens with one attached hydrogen (secondary N) is 2. The van der Waals surface area contributed by atoms with Gasteiger partial charge in [-0.3, -0.25) is 4.79 Å². The second-order valence-electron chi connectivity index (χ2n) is 4.86. The van der Waals surface area contributed by atoms with E-state index in [9.17, 15) is 4.79 Å². The molecule has 0 aliphatic carbocycles. The molecule has 112 valence electrons. The summed E-state index contributed by atoms with van der Waals surface area (Å²) in [5.41, 5.74) is 0.991. The van der Waals surface area contributed by atoms with Crippen LogP contribution >= 0.6 is 24.0 Å². The first kappa shape index (κ1) is 17.2. The van der Waals surface area contributed by atoms with Crippen LogP contribution in [-0.4, -0.2) is 31.7 Å². The molecule has 0 aromatic heterocycles. The summed E-state index contributed by atoms with van der Waals surface area (Å²) in [4.78, 5) is 12.5. The minimum atomic E-state index is -0.736. The summed E-state index contributed by atoms with van der Waals surface area (Å²) in [5.74, 6) is -0.0955. The fourth-order valence-corrected chi connectivity index (χ4v) is 2.49. The molecule has 1 fully saturated rings. The Labute approximate surface area is 130 Å². The predicted molar refractivity (Wildman–Crippen MR) is 83.9 cm³/mol. The summed E-state index contributed by atoms with van der Waals surface area (Å²) in [6, 6.07) is 5.46. The normalized spacial score (nSPS) is 17.1. The van der Waals surface area contributed by atoms with Gasteiger partial charge in [0.2, 0.25) is 0 Å². The van der Waals surface area contributed by atoms with Crippen LogP contribution in [0.5, 0.6) is 0 Å². The molecule has 1 heterocycles. The standard InChI is InChI=1S/C14H19ClN2O2.ClH/c1-10-3-4-11(15)9-12(10)17-13(18)14(19-2)5-7-16-8-6-14;/h3-4,9,16H,5-8H2,1-2H3,(H,17,18);1H. The number of halogens is 2. The molecule has 4 nitrogen and oxygen atoms in total. The van der Waals surface area contributed by atoms with Crippen LogP contribution in [0.25, 0.3) is 0 Å². The zero-order chi connectivity index (χ0) is 13.9. The van der Waals surface area contributed by atoms with Gasteiger partial charge in [-0.25, -0.2) is 0 Å². The van der Waals surface area contributed by atoms with Gasteiger partial charge in [-0.1, -0.05) is 17.7 Å². The minimum absolute atomic E-state index is 0. The van der Waals surface area contributed by atoms with Crippen molar-refractivity contribution in [3.63, 3.8) is 0 Å². The van der Waals surface area contributed by atoms with Crippen molar-refractivity contribution < 1.29 is 9.53 Å². The molecule has 0 spiro atoms. The number of methoxy groups -OCH3 is 1. The van der Waals surface area contributed by atoms with E-state index < -0.39 is 5.60 Å². The third kappa shape index (κ3) is 3.64. The quantitative estimate of drug-likeness (QED) is 0.901. The van der Waals surface area contributed by atoms with Crippen LogP contribution in [0.2, 0.25) is 5.02 Å². The first-order chi connectivity index (χ1) is 9.07. The topological polar surface area (TPSA) is 50.4 Å². The lowest BCUT2D eigenvalue weighted by atomic mass is 9.91. The lowest BCUT2D eigenvalue weighted by molar-refractivity contribution is -0.140. The maximum atomic E-state index is 12.5. The molecule has 2 rings (SSSR count). The van der Waals surface area contributed by atoms with Crippen molar-refractivity contribution in [2.75, 3.05) is 25.5 Å². The number of ether oxygens (including phenoxy) is 1. The molecule has 0 bridgehead atoms. The van der Waals surface area contributed by atoms with Crippen molar-refractivity contribution >= 4 is 35.6 Å². The van der Waals surface area contributed by atoms with Crippen LogP contribution in [-0.2, 0) is 9.53 Å². The molecular weight excluding hydrogens is 299 g/mol. The molecule has 0 atom stereocenters. The molecular formula is C14H20Cl2N2O2. The second-order valence-corrected chi connectivity index (χ2v) is 5.30. The number of hydrogen-bond donors (Lipinski definition) is 2. The molecule has 0 saturated carbocycles. The van der Waals surface area contributed by atoms with E-state index in [2.05, 4.69) is 10.6 Å². The fraction of sp³-hybridized carbons (Fsp3) is 0.500. The molecule has 6 heteroatoms. The summed E-state index contributed by atoms with van der Waals surface area (Å²) in [6.07, 6.45) is 1.35. The average molecular weight is 319 g/mol. The minimum Gasteiger partial charge on any atom is -0.368 e. The molecule has 1 aromatic rings. The van der Waals surface area contributed by atoms with Crippen molar-refractivity contribution in [2.24, 2.45) is 0 Å². The number of amides is 1. The van der Waals surface area contributed by atoms with Crippen LogP contribution in [0.3, 0.4) is 0 Å². The van der Waals surface area contributed by atoms with Gasteiger partial charge < -0.3 is 15.4 Å². The highest BCUT2D eigenvalue weighted by molar-refractivity contribution is 6.31. The number of benzene rings is 1. The van der Waals surface area contributed by atoms with Crippen molar-refractivity contribution in [1.82, 2.24) is 5.32 Å². The highest BCUT2D eigenvalue weighted by Gasteiger charge is 2.39. The zero-order valence-electron chi connectivity index (χ0n) is 11.7. The summed E-state index contributed by atoms with van der Waals surface area (Å²) < 4.78 is 5.50. The number of anilines is 1. The maximum absolute atomic E-state index is 12.5. The summed E-state index contributed by atoms with van der Waals surface area (Å²) in [6.45, 7) is 3.51. The van der Waals surface area contributed by atoms with E-state index in [1.165, 1.54) is 0 Å². The Morgan fingerprint density at radius 3 is 2.65 bits per heavy atom. The Bertz CT molecular complexity index is 474. The summed E-state index contributed by atoms with van der Waals surface area (Å²) in [5, 5.41) is 6.78. The van der Waals surface area contributed by atoms with E-state index in [0.29, 0.717) is 17.9 Å². The van der Waals surface area contributed by atoms with E-state index in [4.69, 9.17) is 16.3 Å². The molecule has 0 unspecified atom stereocenters. The van der Waals surface area contributed by atoms with E-state index in [0.717, 1.165) is 24.3 Å². The first-order valence-electron chi connectivity index (χ1n) is 6.41. The Morgan fingerprint density at radius 1 is 1.40 bits per heavy atom. The van der Waals surface area contributed by atoms with Crippen molar-refractivity contribution in [1.29, 1.82) is 0 Å². The third-order valence-electron chi connectivity index (χ3n) is 3.66. The number of hydrogen-bond acceptors (Lipinski definition) is 3. The molecule has 1 aliphatic heterocycles. The lowest BCUT2D eigenvalue weighted by Crippen LogP contribution is -2.51. The highest BCUT2D eigenvalue weighted by Crippen LogP contribution is 2.26. The van der Waals surface area contributed by atoms with Gasteiger partial charge in [0, 0.05) is 17.8 Å². The van der Waals surface area contributed by atoms with E-state index >= 15 is 0 Å².